The second-order valence-corrected chi connectivity index (χ2v) is 5.30. The fourth-order valence-electron chi connectivity index (χ4n) is 2.67. The molecule has 1 aliphatic heterocycles. The Morgan fingerprint density at radius 2 is 1.91 bits per heavy atom. The van der Waals surface area contributed by atoms with Gasteiger partial charge < -0.3 is 20.9 Å². The van der Waals surface area contributed by atoms with Crippen LogP contribution in [-0.2, 0) is 0 Å². The molecular formula is C15H17N7. The average molecular weight is 295 g/mol. The number of hydrogen-bond donors (Lipinski definition) is 3. The number of benzene rings is 1. The van der Waals surface area contributed by atoms with E-state index in [1.807, 2.05) is 24.3 Å². The molecule has 3 aromatic rings. The smallest absolute Gasteiger partial charge is 0.161 e. The molecule has 0 spiro atoms. The standard InChI is InChI=1S/C15H17N7/c16-14-13(15-19-10-3-1-2-4-11(10)20-15)21-12(9-18-14)22-7-5-17-6-8-22/h1-4,9,17H,5-8H2,(H2,16,18)(H,19,20). The molecule has 112 valence electrons. The number of nitrogens with two attached hydrogens (primary N) is 1. The van der Waals surface area contributed by atoms with Gasteiger partial charge >= 0.3 is 0 Å². The van der Waals surface area contributed by atoms with Crippen molar-refractivity contribution in [1.29, 1.82) is 0 Å². The number of nitrogen functional groups attached to an aromatic ring is 1. The summed E-state index contributed by atoms with van der Waals surface area (Å²) in [5.74, 6) is 1.88. The molecule has 22 heavy (non-hydrogen) atoms. The molecule has 4 rings (SSSR count). The fraction of sp³-hybridized carbons (Fsp3) is 0.267. The molecule has 0 bridgehead atoms. The monoisotopic (exact) mass is 295 g/mol. The van der Waals surface area contributed by atoms with Crippen molar-refractivity contribution in [2.75, 3.05) is 36.8 Å². The van der Waals surface area contributed by atoms with E-state index in [4.69, 9.17) is 5.73 Å². The molecule has 0 atom stereocenters. The SMILES string of the molecule is Nc1ncc(N2CCNCC2)nc1-c1nc2ccccc2[nH]1. The first-order valence-corrected chi connectivity index (χ1v) is 7.34. The molecule has 0 saturated carbocycles. The van der Waals surface area contributed by atoms with Crippen molar-refractivity contribution in [3.8, 4) is 11.5 Å². The Hall–Kier alpha value is -2.67. The van der Waals surface area contributed by atoms with E-state index in [0.717, 1.165) is 43.0 Å². The van der Waals surface area contributed by atoms with Gasteiger partial charge in [0.15, 0.2) is 17.3 Å². The average Bonchev–Trinajstić information content (AvgIpc) is 3.00. The third-order valence-corrected chi connectivity index (χ3v) is 3.84. The molecule has 0 amide bonds. The summed E-state index contributed by atoms with van der Waals surface area (Å²) in [6.07, 6.45) is 1.73. The van der Waals surface area contributed by atoms with Crippen molar-refractivity contribution in [2.24, 2.45) is 0 Å². The van der Waals surface area contributed by atoms with Crippen molar-refractivity contribution in [1.82, 2.24) is 25.3 Å². The number of piperazine rings is 1. The number of imidazole rings is 1. The van der Waals surface area contributed by atoms with Crippen LogP contribution >= 0.6 is 0 Å². The van der Waals surface area contributed by atoms with Crippen LogP contribution in [0.2, 0.25) is 0 Å². The Bertz CT molecular complexity index is 772. The van der Waals surface area contributed by atoms with Gasteiger partial charge in [-0.05, 0) is 12.1 Å². The van der Waals surface area contributed by atoms with Gasteiger partial charge in [-0.2, -0.15) is 0 Å². The van der Waals surface area contributed by atoms with E-state index in [-0.39, 0.29) is 0 Å². The molecular weight excluding hydrogens is 278 g/mol. The van der Waals surface area contributed by atoms with Crippen LogP contribution in [0, 0.1) is 0 Å². The molecule has 1 saturated heterocycles. The van der Waals surface area contributed by atoms with Crippen LogP contribution in [0.5, 0.6) is 0 Å². The lowest BCUT2D eigenvalue weighted by Gasteiger charge is -2.28. The van der Waals surface area contributed by atoms with E-state index in [0.29, 0.717) is 17.3 Å². The zero-order chi connectivity index (χ0) is 14.9. The van der Waals surface area contributed by atoms with E-state index in [2.05, 4.69) is 30.2 Å². The molecule has 3 heterocycles. The van der Waals surface area contributed by atoms with Crippen LogP contribution in [-0.4, -0.2) is 46.1 Å². The van der Waals surface area contributed by atoms with E-state index in [1.165, 1.54) is 0 Å². The van der Waals surface area contributed by atoms with Gasteiger partial charge in [-0.25, -0.2) is 15.0 Å². The molecule has 0 radical (unpaired) electrons. The summed E-state index contributed by atoms with van der Waals surface area (Å²) in [6.45, 7) is 3.73. The first-order chi connectivity index (χ1) is 10.8. The zero-order valence-electron chi connectivity index (χ0n) is 12.1. The van der Waals surface area contributed by atoms with Gasteiger partial charge in [-0.1, -0.05) is 12.1 Å². The highest BCUT2D eigenvalue weighted by atomic mass is 15.2. The molecule has 1 fully saturated rings. The number of nitrogens with zero attached hydrogens (tertiary/aromatic N) is 4. The Morgan fingerprint density at radius 1 is 1.09 bits per heavy atom. The van der Waals surface area contributed by atoms with Crippen molar-refractivity contribution in [3.05, 3.63) is 30.5 Å². The lowest BCUT2D eigenvalue weighted by Crippen LogP contribution is -2.44. The maximum Gasteiger partial charge on any atom is 0.161 e. The van der Waals surface area contributed by atoms with Crippen LogP contribution in [0.15, 0.2) is 30.5 Å². The highest BCUT2D eigenvalue weighted by molar-refractivity contribution is 5.80. The van der Waals surface area contributed by atoms with Gasteiger partial charge in [0.05, 0.1) is 17.2 Å². The summed E-state index contributed by atoms with van der Waals surface area (Å²) >= 11 is 0. The Morgan fingerprint density at radius 3 is 2.73 bits per heavy atom. The first-order valence-electron chi connectivity index (χ1n) is 7.34. The fourth-order valence-corrected chi connectivity index (χ4v) is 2.67. The second-order valence-electron chi connectivity index (χ2n) is 5.30. The number of para-hydroxylation sites is 2. The summed E-state index contributed by atoms with van der Waals surface area (Å²) in [7, 11) is 0. The quantitative estimate of drug-likeness (QED) is 0.653. The molecule has 2 aromatic heterocycles. The minimum Gasteiger partial charge on any atom is -0.382 e. The van der Waals surface area contributed by atoms with Gasteiger partial charge in [0.1, 0.15) is 5.82 Å². The topological polar surface area (TPSA) is 95.8 Å². The zero-order valence-corrected chi connectivity index (χ0v) is 12.1. The number of hydrogen-bond acceptors (Lipinski definition) is 6. The van der Waals surface area contributed by atoms with Crippen molar-refractivity contribution in [3.63, 3.8) is 0 Å². The van der Waals surface area contributed by atoms with Gasteiger partial charge in [0.25, 0.3) is 0 Å². The minimum atomic E-state index is 0.387. The molecule has 7 heteroatoms. The summed E-state index contributed by atoms with van der Waals surface area (Å²) in [5, 5.41) is 3.33. The Labute approximate surface area is 127 Å². The van der Waals surface area contributed by atoms with Crippen LogP contribution in [0.25, 0.3) is 22.6 Å². The first kappa shape index (κ1) is 13.0. The van der Waals surface area contributed by atoms with Gasteiger partial charge in [0, 0.05) is 26.2 Å². The molecule has 0 aliphatic carbocycles. The number of anilines is 2. The molecule has 7 nitrogen and oxygen atoms in total. The van der Waals surface area contributed by atoms with E-state index < -0.39 is 0 Å². The highest BCUT2D eigenvalue weighted by Gasteiger charge is 2.16. The third kappa shape index (κ3) is 2.25. The van der Waals surface area contributed by atoms with Crippen molar-refractivity contribution >= 4 is 22.7 Å². The van der Waals surface area contributed by atoms with E-state index in [9.17, 15) is 0 Å². The van der Waals surface area contributed by atoms with Crippen LogP contribution in [0.1, 0.15) is 0 Å². The molecule has 1 aliphatic rings. The Kier molecular flexibility index (Phi) is 3.12. The lowest BCUT2D eigenvalue weighted by atomic mass is 10.3. The van der Waals surface area contributed by atoms with Gasteiger partial charge in [-0.3, -0.25) is 0 Å². The number of nitrogens with one attached hydrogen (secondary N) is 2. The number of rotatable bonds is 2. The van der Waals surface area contributed by atoms with E-state index in [1.54, 1.807) is 6.20 Å². The predicted molar refractivity (Wildman–Crippen MR) is 86.6 cm³/mol. The molecule has 4 N–H and O–H groups in total. The molecule has 0 unspecified atom stereocenters. The third-order valence-electron chi connectivity index (χ3n) is 3.84. The van der Waals surface area contributed by atoms with Gasteiger partial charge in [-0.15, -0.1) is 0 Å². The van der Waals surface area contributed by atoms with E-state index >= 15 is 0 Å². The van der Waals surface area contributed by atoms with Crippen LogP contribution in [0.4, 0.5) is 11.6 Å². The lowest BCUT2D eigenvalue weighted by molar-refractivity contribution is 0.584. The molecule has 1 aromatic carbocycles. The number of H-pyrrole nitrogens is 1. The Balaban J connectivity index is 1.76. The van der Waals surface area contributed by atoms with Crippen LogP contribution in [0.3, 0.4) is 0 Å². The summed E-state index contributed by atoms with van der Waals surface area (Å²) in [6, 6.07) is 7.87. The maximum absolute atomic E-state index is 6.01. The predicted octanol–water partition coefficient (Wildman–Crippen LogP) is 1.01. The number of fused-ring (bicyclic) bond motifs is 1. The highest BCUT2D eigenvalue weighted by Crippen LogP contribution is 2.24. The number of aromatic amines is 1. The van der Waals surface area contributed by atoms with Crippen LogP contribution < -0.4 is 16.0 Å². The maximum atomic E-state index is 6.01. The van der Waals surface area contributed by atoms with Gasteiger partial charge in [0.2, 0.25) is 0 Å². The number of aromatic nitrogens is 4. The van der Waals surface area contributed by atoms with Crippen molar-refractivity contribution in [2.45, 2.75) is 0 Å². The minimum absolute atomic E-state index is 0.387. The summed E-state index contributed by atoms with van der Waals surface area (Å²) in [5.41, 5.74) is 8.47. The van der Waals surface area contributed by atoms with Crippen molar-refractivity contribution < 1.29 is 0 Å². The normalized spacial score (nSPS) is 15.4. The largest absolute Gasteiger partial charge is 0.382 e. The summed E-state index contributed by atoms with van der Waals surface area (Å²) in [4.78, 5) is 19.0. The summed E-state index contributed by atoms with van der Waals surface area (Å²) < 4.78 is 0. The second kappa shape index (κ2) is 5.27.